The number of hydrogen-bond acceptors (Lipinski definition) is 2. The van der Waals surface area contributed by atoms with Crippen molar-refractivity contribution < 1.29 is 27.9 Å². The van der Waals surface area contributed by atoms with Gasteiger partial charge in [0.05, 0.1) is 11.8 Å². The third kappa shape index (κ3) is 3.26. The first-order valence-electron chi connectivity index (χ1n) is 6.46. The fourth-order valence-electron chi connectivity index (χ4n) is 2.55. The molecule has 0 aliphatic carbocycles. The van der Waals surface area contributed by atoms with Crippen molar-refractivity contribution in [2.24, 2.45) is 11.8 Å². The highest BCUT2D eigenvalue weighted by molar-refractivity contribution is 9.10. The molecule has 1 aliphatic heterocycles. The van der Waals surface area contributed by atoms with Crippen LogP contribution in [0.3, 0.4) is 0 Å². The number of alkyl halides is 3. The van der Waals surface area contributed by atoms with E-state index in [9.17, 15) is 22.8 Å². The summed E-state index contributed by atoms with van der Waals surface area (Å²) in [5, 5.41) is 8.97. The Morgan fingerprint density at radius 3 is 2.45 bits per heavy atom. The van der Waals surface area contributed by atoms with Gasteiger partial charge >= 0.3 is 12.1 Å². The molecule has 1 aliphatic rings. The number of carbonyl (C=O) groups is 2. The van der Waals surface area contributed by atoms with E-state index in [1.165, 1.54) is 6.07 Å². The molecule has 1 N–H and O–H groups in total. The van der Waals surface area contributed by atoms with E-state index in [0.717, 1.165) is 4.90 Å². The molecule has 4 nitrogen and oxygen atoms in total. The molecule has 2 rings (SSSR count). The fourth-order valence-corrected chi connectivity index (χ4v) is 2.91. The lowest BCUT2D eigenvalue weighted by molar-refractivity contribution is -0.187. The van der Waals surface area contributed by atoms with Crippen LogP contribution < -0.4 is 0 Å². The molecule has 1 heterocycles. The smallest absolute Gasteiger partial charge is 0.394 e. The summed E-state index contributed by atoms with van der Waals surface area (Å²) in [6.07, 6.45) is -4.65. The average molecular weight is 380 g/mol. The van der Waals surface area contributed by atoms with Gasteiger partial charge in [0, 0.05) is 23.1 Å². The van der Waals surface area contributed by atoms with E-state index in [0.29, 0.717) is 10.0 Å². The summed E-state index contributed by atoms with van der Waals surface area (Å²) >= 11 is 3.21. The van der Waals surface area contributed by atoms with Gasteiger partial charge in [0.25, 0.3) is 5.91 Å². The third-order valence-electron chi connectivity index (χ3n) is 3.77. The van der Waals surface area contributed by atoms with E-state index in [1.807, 2.05) is 0 Å². The van der Waals surface area contributed by atoms with E-state index in [2.05, 4.69) is 15.9 Å². The molecule has 2 atom stereocenters. The van der Waals surface area contributed by atoms with Crippen LogP contribution in [-0.2, 0) is 4.79 Å². The number of carboxylic acid groups (broad SMARTS) is 1. The Labute approximate surface area is 133 Å². The molecular formula is C14H13BrF3NO3. The second-order valence-electron chi connectivity index (χ2n) is 5.26. The molecule has 0 bridgehead atoms. The van der Waals surface area contributed by atoms with Crippen molar-refractivity contribution in [2.75, 3.05) is 13.1 Å². The Balaban J connectivity index is 2.29. The fraction of sp³-hybridized carbons (Fsp3) is 0.429. The highest BCUT2D eigenvalue weighted by Crippen LogP contribution is 2.38. The van der Waals surface area contributed by atoms with Crippen LogP contribution in [0.15, 0.2) is 22.7 Å². The molecule has 1 amide bonds. The lowest BCUT2D eigenvalue weighted by Gasteiger charge is -2.19. The Bertz CT molecular complexity index is 618. The highest BCUT2D eigenvalue weighted by Gasteiger charge is 2.53. The summed E-state index contributed by atoms with van der Waals surface area (Å²) in [4.78, 5) is 24.4. The van der Waals surface area contributed by atoms with Gasteiger partial charge in [0.15, 0.2) is 0 Å². The van der Waals surface area contributed by atoms with Crippen LogP contribution in [0, 0.1) is 18.8 Å². The standard InChI is InChI=1S/C14H13BrF3NO3/c1-7-2-3-8(15)4-9(7)12(20)19-5-10(13(21)22)11(6-19)14(16,17)18/h2-4,10-11H,5-6H2,1H3,(H,21,22)/t10-,11-/m1/s1. The normalized spacial score (nSPS) is 22.0. The number of hydrogen-bond donors (Lipinski definition) is 1. The molecule has 0 radical (unpaired) electrons. The molecule has 120 valence electrons. The van der Waals surface area contributed by atoms with Crippen LogP contribution in [-0.4, -0.2) is 41.1 Å². The van der Waals surface area contributed by atoms with E-state index in [1.54, 1.807) is 19.1 Å². The summed E-state index contributed by atoms with van der Waals surface area (Å²) in [5.74, 6) is -5.79. The summed E-state index contributed by atoms with van der Waals surface area (Å²) in [6.45, 7) is 0.598. The topological polar surface area (TPSA) is 57.6 Å². The molecular weight excluding hydrogens is 367 g/mol. The summed E-state index contributed by atoms with van der Waals surface area (Å²) in [7, 11) is 0. The largest absolute Gasteiger partial charge is 0.481 e. The lowest BCUT2D eigenvalue weighted by Crippen LogP contribution is -2.34. The molecule has 1 aromatic rings. The summed E-state index contributed by atoms with van der Waals surface area (Å²) < 4.78 is 39.5. The van der Waals surface area contributed by atoms with Crippen molar-refractivity contribution >= 4 is 27.8 Å². The lowest BCUT2D eigenvalue weighted by atomic mass is 9.96. The Hall–Kier alpha value is -1.57. The van der Waals surface area contributed by atoms with Crippen molar-refractivity contribution in [1.29, 1.82) is 0 Å². The second kappa shape index (κ2) is 5.91. The monoisotopic (exact) mass is 379 g/mol. The van der Waals surface area contributed by atoms with Gasteiger partial charge < -0.3 is 10.0 Å². The number of carboxylic acids is 1. The van der Waals surface area contributed by atoms with Crippen molar-refractivity contribution in [3.8, 4) is 0 Å². The van der Waals surface area contributed by atoms with Crippen LogP contribution in [0.5, 0.6) is 0 Å². The quantitative estimate of drug-likeness (QED) is 0.858. The number of carbonyl (C=O) groups excluding carboxylic acids is 1. The number of halogens is 4. The zero-order valence-corrected chi connectivity index (χ0v) is 13.1. The maximum atomic E-state index is 12.9. The Kier molecular flexibility index (Phi) is 4.51. The minimum absolute atomic E-state index is 0.265. The van der Waals surface area contributed by atoms with Gasteiger partial charge in [-0.3, -0.25) is 9.59 Å². The van der Waals surface area contributed by atoms with E-state index in [4.69, 9.17) is 5.11 Å². The molecule has 8 heteroatoms. The predicted molar refractivity (Wildman–Crippen MR) is 75.5 cm³/mol. The molecule has 22 heavy (non-hydrogen) atoms. The zero-order valence-electron chi connectivity index (χ0n) is 11.5. The average Bonchev–Trinajstić information content (AvgIpc) is 2.86. The first kappa shape index (κ1) is 16.8. The number of aryl methyl sites for hydroxylation is 1. The number of aliphatic carboxylic acids is 1. The summed E-state index contributed by atoms with van der Waals surface area (Å²) in [5.41, 5.74) is 0.886. The van der Waals surface area contributed by atoms with E-state index < -0.39 is 43.0 Å². The molecule has 1 aromatic carbocycles. The number of likely N-dealkylation sites (tertiary alicyclic amines) is 1. The van der Waals surface area contributed by atoms with Crippen LogP contribution in [0.2, 0.25) is 0 Å². The minimum Gasteiger partial charge on any atom is -0.481 e. The van der Waals surface area contributed by atoms with Gasteiger partial charge in [-0.1, -0.05) is 22.0 Å². The molecule has 0 saturated carbocycles. The molecule has 1 saturated heterocycles. The summed E-state index contributed by atoms with van der Waals surface area (Å²) in [6, 6.07) is 4.91. The van der Waals surface area contributed by atoms with Crippen molar-refractivity contribution in [2.45, 2.75) is 13.1 Å². The van der Waals surface area contributed by atoms with Gasteiger partial charge in [-0.05, 0) is 24.6 Å². The van der Waals surface area contributed by atoms with Crippen LogP contribution >= 0.6 is 15.9 Å². The van der Waals surface area contributed by atoms with Gasteiger partial charge in [-0.15, -0.1) is 0 Å². The molecule has 1 fully saturated rings. The predicted octanol–water partition coefficient (Wildman–Crippen LogP) is 3.09. The van der Waals surface area contributed by atoms with Gasteiger partial charge in [-0.2, -0.15) is 13.2 Å². The van der Waals surface area contributed by atoms with Gasteiger partial charge in [0.1, 0.15) is 0 Å². The van der Waals surface area contributed by atoms with Crippen molar-refractivity contribution in [3.63, 3.8) is 0 Å². The van der Waals surface area contributed by atoms with Crippen LogP contribution in [0.4, 0.5) is 13.2 Å². The molecule has 0 spiro atoms. The minimum atomic E-state index is -4.65. The van der Waals surface area contributed by atoms with Crippen molar-refractivity contribution in [3.05, 3.63) is 33.8 Å². The number of amides is 1. The number of nitrogens with zero attached hydrogens (tertiary/aromatic N) is 1. The van der Waals surface area contributed by atoms with E-state index in [-0.39, 0.29) is 5.56 Å². The molecule has 0 unspecified atom stereocenters. The van der Waals surface area contributed by atoms with Gasteiger partial charge in [0.2, 0.25) is 0 Å². The first-order chi connectivity index (χ1) is 10.1. The van der Waals surface area contributed by atoms with Crippen LogP contribution in [0.25, 0.3) is 0 Å². The van der Waals surface area contributed by atoms with Crippen molar-refractivity contribution in [1.82, 2.24) is 4.90 Å². The second-order valence-corrected chi connectivity index (χ2v) is 6.18. The maximum Gasteiger partial charge on any atom is 0.394 e. The first-order valence-corrected chi connectivity index (χ1v) is 7.25. The number of benzene rings is 1. The number of rotatable bonds is 2. The maximum absolute atomic E-state index is 12.9. The SMILES string of the molecule is Cc1ccc(Br)cc1C(=O)N1C[C@@H](C(F)(F)F)[C@H](C(=O)O)C1. The van der Waals surface area contributed by atoms with Gasteiger partial charge in [-0.25, -0.2) is 0 Å². The third-order valence-corrected chi connectivity index (χ3v) is 4.27. The zero-order chi connectivity index (χ0) is 16.7. The Morgan fingerprint density at radius 2 is 1.95 bits per heavy atom. The highest BCUT2D eigenvalue weighted by atomic mass is 79.9. The van der Waals surface area contributed by atoms with Crippen LogP contribution in [0.1, 0.15) is 15.9 Å². The van der Waals surface area contributed by atoms with E-state index >= 15 is 0 Å². The molecule has 0 aromatic heterocycles. The Morgan fingerprint density at radius 1 is 1.32 bits per heavy atom.